The fourth-order valence-corrected chi connectivity index (χ4v) is 2.43. The van der Waals surface area contributed by atoms with Gasteiger partial charge in [-0.05, 0) is 36.4 Å². The molecule has 116 valence electrons. The molecule has 0 atom stereocenters. The Balaban J connectivity index is 2.00. The molecule has 6 nitrogen and oxygen atoms in total. The third-order valence-electron chi connectivity index (χ3n) is 3.30. The summed E-state index contributed by atoms with van der Waals surface area (Å²) < 4.78 is 5.12. The molecular weight excluding hydrogens is 318 g/mol. The lowest BCUT2D eigenvalue weighted by Crippen LogP contribution is -1.99. The zero-order chi connectivity index (χ0) is 16.4. The van der Waals surface area contributed by atoms with E-state index in [0.29, 0.717) is 27.5 Å². The number of carboxylic acids is 1. The number of ether oxygens (including phenoxy) is 1. The van der Waals surface area contributed by atoms with Crippen molar-refractivity contribution in [3.63, 3.8) is 0 Å². The van der Waals surface area contributed by atoms with Gasteiger partial charge < -0.3 is 15.2 Å². The van der Waals surface area contributed by atoms with Crippen molar-refractivity contribution < 1.29 is 14.6 Å². The van der Waals surface area contributed by atoms with Crippen molar-refractivity contribution >= 4 is 40.0 Å². The first-order valence-corrected chi connectivity index (χ1v) is 7.05. The SMILES string of the molecule is COc1ccc(Nc2ncnc3cc(C(=O)O)ccc23)cc1Cl. The number of anilines is 2. The Bertz CT molecular complexity index is 899. The first-order valence-electron chi connectivity index (χ1n) is 6.67. The van der Waals surface area contributed by atoms with Gasteiger partial charge in [0.05, 0.1) is 23.2 Å². The number of halogens is 1. The van der Waals surface area contributed by atoms with Gasteiger partial charge in [0.15, 0.2) is 0 Å². The second-order valence-corrected chi connectivity index (χ2v) is 5.14. The molecule has 7 heteroatoms. The number of hydrogen-bond acceptors (Lipinski definition) is 5. The second-order valence-electron chi connectivity index (χ2n) is 4.73. The average Bonchev–Trinajstić information content (AvgIpc) is 2.55. The Hall–Kier alpha value is -2.86. The van der Waals surface area contributed by atoms with Crippen LogP contribution in [0.2, 0.25) is 5.02 Å². The lowest BCUT2D eigenvalue weighted by molar-refractivity contribution is 0.0697. The Morgan fingerprint density at radius 3 is 2.74 bits per heavy atom. The quantitative estimate of drug-likeness (QED) is 0.758. The molecule has 23 heavy (non-hydrogen) atoms. The highest BCUT2D eigenvalue weighted by Gasteiger charge is 2.09. The molecule has 0 bridgehead atoms. The number of carbonyl (C=O) groups is 1. The molecule has 0 fully saturated rings. The summed E-state index contributed by atoms with van der Waals surface area (Å²) in [6.45, 7) is 0. The normalized spacial score (nSPS) is 10.5. The molecule has 2 N–H and O–H groups in total. The molecule has 0 amide bonds. The maximum atomic E-state index is 11.0. The number of aromatic nitrogens is 2. The van der Waals surface area contributed by atoms with Crippen molar-refractivity contribution in [2.75, 3.05) is 12.4 Å². The molecule has 0 radical (unpaired) electrons. The van der Waals surface area contributed by atoms with Gasteiger partial charge in [-0.1, -0.05) is 11.6 Å². The number of fused-ring (bicyclic) bond motifs is 1. The number of aromatic carboxylic acids is 1. The molecule has 0 saturated carbocycles. The topological polar surface area (TPSA) is 84.3 Å². The summed E-state index contributed by atoms with van der Waals surface area (Å²) in [5, 5.41) is 13.4. The van der Waals surface area contributed by atoms with E-state index in [4.69, 9.17) is 21.4 Å². The lowest BCUT2D eigenvalue weighted by Gasteiger charge is -2.10. The van der Waals surface area contributed by atoms with Crippen molar-refractivity contribution in [3.8, 4) is 5.75 Å². The molecule has 0 saturated heterocycles. The van der Waals surface area contributed by atoms with Crippen LogP contribution >= 0.6 is 11.6 Å². The molecule has 0 aliphatic heterocycles. The van der Waals surface area contributed by atoms with E-state index in [1.165, 1.54) is 18.5 Å². The van der Waals surface area contributed by atoms with Crippen LogP contribution in [0.5, 0.6) is 5.75 Å². The van der Waals surface area contributed by atoms with Gasteiger partial charge in [0.2, 0.25) is 0 Å². The largest absolute Gasteiger partial charge is 0.495 e. The summed E-state index contributed by atoms with van der Waals surface area (Å²) in [4.78, 5) is 19.3. The molecule has 3 aromatic rings. The second kappa shape index (κ2) is 6.10. The van der Waals surface area contributed by atoms with Gasteiger partial charge in [0.1, 0.15) is 17.9 Å². The maximum absolute atomic E-state index is 11.0. The summed E-state index contributed by atoms with van der Waals surface area (Å²) >= 11 is 6.11. The molecule has 1 aromatic heterocycles. The van der Waals surface area contributed by atoms with E-state index in [2.05, 4.69) is 15.3 Å². The van der Waals surface area contributed by atoms with E-state index in [1.807, 2.05) is 6.07 Å². The average molecular weight is 330 g/mol. The van der Waals surface area contributed by atoms with Crippen molar-refractivity contribution in [1.29, 1.82) is 0 Å². The molecule has 0 aliphatic rings. The van der Waals surface area contributed by atoms with Crippen LogP contribution in [-0.4, -0.2) is 28.2 Å². The highest BCUT2D eigenvalue weighted by atomic mass is 35.5. The van der Waals surface area contributed by atoms with Gasteiger partial charge in [0.25, 0.3) is 0 Å². The zero-order valence-corrected chi connectivity index (χ0v) is 12.8. The number of carboxylic acid groups (broad SMARTS) is 1. The minimum Gasteiger partial charge on any atom is -0.495 e. The van der Waals surface area contributed by atoms with Gasteiger partial charge in [0, 0.05) is 11.1 Å². The molecule has 0 unspecified atom stereocenters. The standard InChI is InChI=1S/C16H12ClN3O3/c1-23-14-5-3-10(7-12(14)17)20-15-11-4-2-9(16(21)22)6-13(11)18-8-19-15/h2-8H,1H3,(H,21,22)(H,18,19,20). The first kappa shape index (κ1) is 15.1. The van der Waals surface area contributed by atoms with Crippen molar-refractivity contribution in [2.45, 2.75) is 0 Å². The third kappa shape index (κ3) is 3.02. The fraction of sp³-hybridized carbons (Fsp3) is 0.0625. The molecule has 0 aliphatic carbocycles. The lowest BCUT2D eigenvalue weighted by atomic mass is 10.1. The van der Waals surface area contributed by atoms with Gasteiger partial charge in [-0.3, -0.25) is 0 Å². The van der Waals surface area contributed by atoms with Crippen molar-refractivity contribution in [1.82, 2.24) is 9.97 Å². The summed E-state index contributed by atoms with van der Waals surface area (Å²) in [5.41, 5.74) is 1.45. The van der Waals surface area contributed by atoms with Crippen LogP contribution in [0, 0.1) is 0 Å². The highest BCUT2D eigenvalue weighted by Crippen LogP contribution is 2.30. The van der Waals surface area contributed by atoms with Crippen molar-refractivity contribution in [3.05, 3.63) is 53.3 Å². The molecule has 0 spiro atoms. The monoisotopic (exact) mass is 329 g/mol. The smallest absolute Gasteiger partial charge is 0.335 e. The number of nitrogens with one attached hydrogen (secondary N) is 1. The van der Waals surface area contributed by atoms with E-state index >= 15 is 0 Å². The summed E-state index contributed by atoms with van der Waals surface area (Å²) in [6.07, 6.45) is 1.38. The molecule has 1 heterocycles. The van der Waals surface area contributed by atoms with Gasteiger partial charge in [-0.2, -0.15) is 0 Å². The Morgan fingerprint density at radius 2 is 2.04 bits per heavy atom. The van der Waals surface area contributed by atoms with E-state index in [0.717, 1.165) is 5.69 Å². The Kier molecular flexibility index (Phi) is 3.99. The van der Waals surface area contributed by atoms with Crippen LogP contribution in [0.25, 0.3) is 10.9 Å². The van der Waals surface area contributed by atoms with Crippen LogP contribution < -0.4 is 10.1 Å². The predicted octanol–water partition coefficient (Wildman–Crippen LogP) is 3.73. The number of hydrogen-bond donors (Lipinski definition) is 2. The Morgan fingerprint density at radius 1 is 1.22 bits per heavy atom. The number of nitrogens with zero attached hydrogens (tertiary/aromatic N) is 2. The third-order valence-corrected chi connectivity index (χ3v) is 3.59. The highest BCUT2D eigenvalue weighted by molar-refractivity contribution is 6.32. The molecule has 2 aromatic carbocycles. The number of benzene rings is 2. The van der Waals surface area contributed by atoms with E-state index in [9.17, 15) is 4.79 Å². The summed E-state index contributed by atoms with van der Waals surface area (Å²) in [6, 6.07) is 9.97. The van der Waals surface area contributed by atoms with E-state index in [1.54, 1.807) is 25.3 Å². The maximum Gasteiger partial charge on any atom is 0.335 e. The Labute approximate surface area is 136 Å². The van der Waals surface area contributed by atoms with Crippen molar-refractivity contribution in [2.24, 2.45) is 0 Å². The van der Waals surface area contributed by atoms with Gasteiger partial charge in [-0.15, -0.1) is 0 Å². The minimum atomic E-state index is -0.998. The first-order chi connectivity index (χ1) is 11.1. The predicted molar refractivity (Wildman–Crippen MR) is 87.8 cm³/mol. The summed E-state index contributed by atoms with van der Waals surface area (Å²) in [7, 11) is 1.55. The van der Waals surface area contributed by atoms with E-state index < -0.39 is 5.97 Å². The fourth-order valence-electron chi connectivity index (χ4n) is 2.17. The van der Waals surface area contributed by atoms with Gasteiger partial charge >= 0.3 is 5.97 Å². The minimum absolute atomic E-state index is 0.176. The van der Waals surface area contributed by atoms with Crippen LogP contribution in [0.3, 0.4) is 0 Å². The number of rotatable bonds is 4. The molecule has 3 rings (SSSR count). The zero-order valence-electron chi connectivity index (χ0n) is 12.1. The van der Waals surface area contributed by atoms with Gasteiger partial charge in [-0.25, -0.2) is 14.8 Å². The number of methoxy groups -OCH3 is 1. The van der Waals surface area contributed by atoms with Crippen LogP contribution in [0.15, 0.2) is 42.7 Å². The molecular formula is C16H12ClN3O3. The van der Waals surface area contributed by atoms with Crippen LogP contribution in [-0.2, 0) is 0 Å². The van der Waals surface area contributed by atoms with E-state index in [-0.39, 0.29) is 5.56 Å². The van der Waals surface area contributed by atoms with Crippen LogP contribution in [0.4, 0.5) is 11.5 Å². The summed E-state index contributed by atoms with van der Waals surface area (Å²) in [5.74, 6) is 0.144. The van der Waals surface area contributed by atoms with Crippen LogP contribution in [0.1, 0.15) is 10.4 Å².